The van der Waals surface area contributed by atoms with E-state index in [1.807, 2.05) is 0 Å². The van der Waals surface area contributed by atoms with Crippen LogP contribution in [0.15, 0.2) is 78.9 Å². The molecule has 2 N–H and O–H groups in total. The third-order valence-electron chi connectivity index (χ3n) is 5.49. The molecule has 0 amide bonds. The first-order valence-corrected chi connectivity index (χ1v) is 10.0. The van der Waals surface area contributed by atoms with Crippen LogP contribution < -0.4 is 28.5 Å². The Hall–Kier alpha value is -2.70. The van der Waals surface area contributed by atoms with Crippen molar-refractivity contribution in [3.63, 3.8) is 0 Å². The number of aliphatic hydroxyl groups excluding tert-OH is 1. The Kier molecular flexibility index (Phi) is 6.16. The zero-order valence-corrected chi connectivity index (χ0v) is 18.7. The van der Waals surface area contributed by atoms with Crippen LogP contribution in [0.3, 0.4) is 0 Å². The lowest BCUT2D eigenvalue weighted by Gasteiger charge is -2.04. The number of H-pyrrole nitrogens is 1. The lowest BCUT2D eigenvalue weighted by molar-refractivity contribution is -0.673. The molecule has 3 nitrogen and oxygen atoms in total. The van der Waals surface area contributed by atoms with Gasteiger partial charge in [0.15, 0.2) is 6.54 Å². The van der Waals surface area contributed by atoms with Crippen LogP contribution in [0.2, 0.25) is 0 Å². The summed E-state index contributed by atoms with van der Waals surface area (Å²) in [4.78, 5) is 3.48. The highest BCUT2D eigenvalue weighted by molar-refractivity contribution is 6.07. The first kappa shape index (κ1) is 20.6. The van der Waals surface area contributed by atoms with E-state index in [1.165, 1.54) is 32.8 Å². The number of aryl methyl sites for hydroxylation is 1. The van der Waals surface area contributed by atoms with E-state index in [9.17, 15) is 5.11 Å². The number of para-hydroxylation sites is 2. The number of nitrogens with zero attached hydrogens (tertiary/aromatic N) is 1. The van der Waals surface area contributed by atoms with Gasteiger partial charge in [-0.05, 0) is 42.0 Å². The highest BCUT2D eigenvalue weighted by atomic mass is 127. The molecule has 0 radical (unpaired) electrons. The fraction of sp³-hybridized carbons (Fsp3) is 0.115. The fourth-order valence-electron chi connectivity index (χ4n) is 4.05. The van der Waals surface area contributed by atoms with Crippen LogP contribution in [0.1, 0.15) is 17.7 Å². The number of benzene rings is 3. The van der Waals surface area contributed by atoms with Crippen molar-refractivity contribution in [1.29, 1.82) is 0 Å². The monoisotopic (exact) mass is 506 g/mol. The van der Waals surface area contributed by atoms with Gasteiger partial charge in [-0.2, -0.15) is 4.57 Å². The summed E-state index contributed by atoms with van der Waals surface area (Å²) >= 11 is 0. The van der Waals surface area contributed by atoms with Crippen molar-refractivity contribution in [2.75, 3.05) is 6.61 Å². The molecule has 3 aromatic carbocycles. The Bertz CT molecular complexity index is 1350. The fourth-order valence-corrected chi connectivity index (χ4v) is 4.05. The number of rotatable bonds is 5. The Balaban J connectivity index is 0.00000218. The Morgan fingerprint density at radius 3 is 2.50 bits per heavy atom. The normalized spacial score (nSPS) is 11.5. The zero-order valence-electron chi connectivity index (χ0n) is 16.6. The summed E-state index contributed by atoms with van der Waals surface area (Å²) in [6.07, 6.45) is 5.07. The van der Waals surface area contributed by atoms with Gasteiger partial charge in [-0.15, -0.1) is 0 Å². The van der Waals surface area contributed by atoms with Crippen LogP contribution in [-0.4, -0.2) is 16.7 Å². The first-order chi connectivity index (χ1) is 14.3. The van der Waals surface area contributed by atoms with E-state index in [1.54, 1.807) is 0 Å². The van der Waals surface area contributed by atoms with Gasteiger partial charge in [-0.25, -0.2) is 0 Å². The minimum Gasteiger partial charge on any atom is -1.00 e. The average molecular weight is 506 g/mol. The molecular formula is C26H23IN2O. The van der Waals surface area contributed by atoms with E-state index >= 15 is 0 Å². The topological polar surface area (TPSA) is 39.9 Å². The first-order valence-electron chi connectivity index (χ1n) is 10.0. The van der Waals surface area contributed by atoms with E-state index in [-0.39, 0.29) is 30.6 Å². The summed E-state index contributed by atoms with van der Waals surface area (Å²) in [6.45, 7) is 0.982. The van der Waals surface area contributed by atoms with Gasteiger partial charge in [0.25, 0.3) is 0 Å². The quantitative estimate of drug-likeness (QED) is 0.279. The molecule has 0 saturated carbocycles. The largest absolute Gasteiger partial charge is 1.00 e. The molecule has 0 unspecified atom stereocenters. The number of hydrogen-bond acceptors (Lipinski definition) is 1. The summed E-state index contributed by atoms with van der Waals surface area (Å²) < 4.78 is 2.28. The van der Waals surface area contributed by atoms with E-state index in [4.69, 9.17) is 0 Å². The molecule has 0 spiro atoms. The van der Waals surface area contributed by atoms with Crippen molar-refractivity contribution in [2.24, 2.45) is 0 Å². The molecule has 0 atom stereocenters. The van der Waals surface area contributed by atoms with Crippen LogP contribution in [0.25, 0.3) is 44.9 Å². The number of fused-ring (bicyclic) bond motifs is 4. The van der Waals surface area contributed by atoms with Crippen LogP contribution >= 0.6 is 0 Å². The second-order valence-corrected chi connectivity index (χ2v) is 7.35. The Morgan fingerprint density at radius 1 is 0.800 bits per heavy atom. The number of halogens is 1. The van der Waals surface area contributed by atoms with Crippen molar-refractivity contribution in [1.82, 2.24) is 4.98 Å². The van der Waals surface area contributed by atoms with Gasteiger partial charge >= 0.3 is 0 Å². The minimum absolute atomic E-state index is 0. The van der Waals surface area contributed by atoms with Gasteiger partial charge in [0.05, 0.1) is 0 Å². The summed E-state index contributed by atoms with van der Waals surface area (Å²) in [5.41, 5.74) is 5.82. The average Bonchev–Trinajstić information content (AvgIpc) is 3.14. The van der Waals surface area contributed by atoms with E-state index in [0.717, 1.165) is 24.2 Å². The van der Waals surface area contributed by atoms with Crippen LogP contribution in [0.5, 0.6) is 0 Å². The number of nitrogens with one attached hydrogen (secondary N) is 1. The minimum atomic E-state index is 0. The lowest BCUT2D eigenvalue weighted by atomic mass is 10.1. The van der Waals surface area contributed by atoms with Gasteiger partial charge in [-0.1, -0.05) is 36.4 Å². The molecule has 0 fully saturated rings. The molecule has 4 heteroatoms. The van der Waals surface area contributed by atoms with Crippen molar-refractivity contribution < 1.29 is 33.7 Å². The van der Waals surface area contributed by atoms with Gasteiger partial charge in [0.1, 0.15) is 0 Å². The maximum absolute atomic E-state index is 9.33. The smallest absolute Gasteiger partial charge is 0.212 e. The third kappa shape index (κ3) is 3.85. The zero-order chi connectivity index (χ0) is 19.6. The lowest BCUT2D eigenvalue weighted by Crippen LogP contribution is -3.00. The molecule has 0 aliphatic heterocycles. The Labute approximate surface area is 192 Å². The highest BCUT2D eigenvalue weighted by Gasteiger charge is 2.13. The molecule has 5 rings (SSSR count). The molecule has 2 aromatic heterocycles. The molecule has 30 heavy (non-hydrogen) atoms. The molecule has 5 aromatic rings. The SMILES string of the molecule is OCCC[n+]1c(/C=C/c2ccc3[nH]c4ccccc4c3c2)ccc2ccccc21.[I-]. The van der Waals surface area contributed by atoms with Gasteiger partial charge in [0.2, 0.25) is 11.2 Å². The maximum Gasteiger partial charge on any atom is 0.212 e. The maximum atomic E-state index is 9.33. The summed E-state index contributed by atoms with van der Waals surface area (Å²) in [5, 5.41) is 13.0. The van der Waals surface area contributed by atoms with Crippen molar-refractivity contribution in [2.45, 2.75) is 13.0 Å². The van der Waals surface area contributed by atoms with E-state index in [0.29, 0.717) is 0 Å². The molecule has 0 aliphatic carbocycles. The molecule has 0 saturated heterocycles. The van der Waals surface area contributed by atoms with Crippen LogP contribution in [0.4, 0.5) is 0 Å². The summed E-state index contributed by atoms with van der Waals surface area (Å²) in [7, 11) is 0. The number of aliphatic hydroxyl groups is 1. The van der Waals surface area contributed by atoms with E-state index < -0.39 is 0 Å². The third-order valence-corrected chi connectivity index (χ3v) is 5.49. The molecule has 0 aliphatic rings. The summed E-state index contributed by atoms with van der Waals surface area (Å²) in [6, 6.07) is 27.7. The molecule has 150 valence electrons. The number of hydrogen-bond donors (Lipinski definition) is 2. The van der Waals surface area contributed by atoms with Crippen molar-refractivity contribution >= 4 is 44.9 Å². The van der Waals surface area contributed by atoms with Crippen LogP contribution in [0, 0.1) is 0 Å². The molecule has 0 bridgehead atoms. The Morgan fingerprint density at radius 2 is 1.60 bits per heavy atom. The van der Waals surface area contributed by atoms with Gasteiger partial charge in [-0.3, -0.25) is 0 Å². The van der Waals surface area contributed by atoms with Gasteiger partial charge < -0.3 is 34.1 Å². The second-order valence-electron chi connectivity index (χ2n) is 7.35. The summed E-state index contributed by atoms with van der Waals surface area (Å²) in [5.74, 6) is 0. The van der Waals surface area contributed by atoms with Crippen LogP contribution in [-0.2, 0) is 6.54 Å². The standard InChI is InChI=1S/C26H22N2O.HI/c29-17-5-16-28-21(14-12-20-6-1-4-9-26(20)28)13-10-19-11-15-25-23(18-19)22-7-2-3-8-24(22)27-25;/h1-4,6-15,18,29H,5,16-17H2;1H. The number of aromatic amines is 1. The molecular weight excluding hydrogens is 483 g/mol. The predicted octanol–water partition coefficient (Wildman–Crippen LogP) is 2.32. The van der Waals surface area contributed by atoms with Crippen molar-refractivity contribution in [3.8, 4) is 0 Å². The number of pyridine rings is 1. The highest BCUT2D eigenvalue weighted by Crippen LogP contribution is 2.26. The van der Waals surface area contributed by atoms with Gasteiger partial charge in [0, 0.05) is 58.4 Å². The van der Waals surface area contributed by atoms with E-state index in [2.05, 4.69) is 101 Å². The van der Waals surface area contributed by atoms with Crippen molar-refractivity contribution in [3.05, 3.63) is 90.1 Å². The molecule has 2 heterocycles. The number of aromatic nitrogens is 2. The predicted molar refractivity (Wildman–Crippen MR) is 121 cm³/mol. The second kappa shape index (κ2) is 8.98.